The molecule has 2 aromatic carbocycles. The minimum Gasteiger partial charge on any atom is -0.452 e. The number of amides is 1. The van der Waals surface area contributed by atoms with E-state index in [2.05, 4.69) is 4.98 Å². The van der Waals surface area contributed by atoms with E-state index in [-0.39, 0.29) is 18.6 Å². The third-order valence-corrected chi connectivity index (χ3v) is 5.72. The van der Waals surface area contributed by atoms with Crippen LogP contribution in [0.2, 0.25) is 5.02 Å². The van der Waals surface area contributed by atoms with E-state index in [1.807, 2.05) is 31.2 Å². The monoisotopic (exact) mass is 414 g/mol. The molecule has 0 aliphatic heterocycles. The number of esters is 1. The Morgan fingerprint density at radius 3 is 2.64 bits per heavy atom. The first-order chi connectivity index (χ1) is 13.4. The zero-order valence-corrected chi connectivity index (χ0v) is 17.0. The number of halogens is 1. The van der Waals surface area contributed by atoms with Gasteiger partial charge in [0.15, 0.2) is 6.61 Å². The highest BCUT2D eigenvalue weighted by molar-refractivity contribution is 7.18. The highest BCUT2D eigenvalue weighted by atomic mass is 35.5. The van der Waals surface area contributed by atoms with E-state index in [4.69, 9.17) is 16.3 Å². The third-order valence-electron chi connectivity index (χ3n) is 4.26. The van der Waals surface area contributed by atoms with Crippen LogP contribution in [0.3, 0.4) is 0 Å². The first-order valence-corrected chi connectivity index (χ1v) is 9.85. The van der Waals surface area contributed by atoms with Crippen molar-refractivity contribution in [3.63, 3.8) is 0 Å². The van der Waals surface area contributed by atoms with Crippen LogP contribution in [0.5, 0.6) is 0 Å². The number of para-hydroxylation sites is 1. The molecular formula is C21H19ClN2O3S. The smallest absolute Gasteiger partial charge is 0.331 e. The van der Waals surface area contributed by atoms with Crippen molar-refractivity contribution in [3.8, 4) is 0 Å². The summed E-state index contributed by atoms with van der Waals surface area (Å²) in [6.45, 7) is 1.58. The molecule has 0 unspecified atom stereocenters. The van der Waals surface area contributed by atoms with E-state index in [0.29, 0.717) is 5.02 Å². The van der Waals surface area contributed by atoms with Gasteiger partial charge in [-0.2, -0.15) is 0 Å². The van der Waals surface area contributed by atoms with Crippen LogP contribution in [0.15, 0.2) is 54.6 Å². The molecule has 3 aromatic rings. The molecule has 1 amide bonds. The minimum atomic E-state index is -0.579. The van der Waals surface area contributed by atoms with E-state index in [9.17, 15) is 9.59 Å². The maximum Gasteiger partial charge on any atom is 0.331 e. The highest BCUT2D eigenvalue weighted by Crippen LogP contribution is 2.28. The summed E-state index contributed by atoms with van der Waals surface area (Å²) in [5, 5.41) is 1.46. The van der Waals surface area contributed by atoms with Gasteiger partial charge in [-0.25, -0.2) is 9.78 Å². The standard InChI is InChI=1S/C21H19ClN2O3S/c1-14(21-23-17-5-3-4-6-18(17)28-21)24(2)19(25)13-27-20(26)12-9-15-7-10-16(22)11-8-15/h3-12,14H,13H2,1-2H3/b12-9+/t14-/m1/s1. The summed E-state index contributed by atoms with van der Waals surface area (Å²) >= 11 is 7.37. The number of carbonyl (C=O) groups excluding carboxylic acids is 2. The van der Waals surface area contributed by atoms with Crippen molar-refractivity contribution in [2.24, 2.45) is 0 Å². The Labute approximate surface area is 172 Å². The van der Waals surface area contributed by atoms with E-state index in [0.717, 1.165) is 20.8 Å². The number of nitrogens with zero attached hydrogens (tertiary/aromatic N) is 2. The molecule has 0 aliphatic carbocycles. The van der Waals surface area contributed by atoms with Gasteiger partial charge < -0.3 is 9.64 Å². The molecule has 0 saturated heterocycles. The fraction of sp³-hybridized carbons (Fsp3) is 0.190. The van der Waals surface area contributed by atoms with Crippen LogP contribution in [-0.2, 0) is 14.3 Å². The highest BCUT2D eigenvalue weighted by Gasteiger charge is 2.21. The minimum absolute atomic E-state index is 0.215. The van der Waals surface area contributed by atoms with Gasteiger partial charge in [0.1, 0.15) is 5.01 Å². The number of thiazole rings is 1. The molecule has 0 bridgehead atoms. The Kier molecular flexibility index (Phi) is 6.44. The Morgan fingerprint density at radius 1 is 1.21 bits per heavy atom. The van der Waals surface area contributed by atoms with Gasteiger partial charge in [-0.15, -0.1) is 11.3 Å². The number of likely N-dealkylation sites (N-methyl/N-ethyl adjacent to an activating group) is 1. The summed E-state index contributed by atoms with van der Waals surface area (Å²) < 4.78 is 6.13. The van der Waals surface area contributed by atoms with Gasteiger partial charge in [0.2, 0.25) is 0 Å². The number of rotatable bonds is 6. The first kappa shape index (κ1) is 20.0. The van der Waals surface area contributed by atoms with Crippen LogP contribution >= 0.6 is 22.9 Å². The number of ether oxygens (including phenoxy) is 1. The second-order valence-electron chi connectivity index (χ2n) is 6.19. The lowest BCUT2D eigenvalue weighted by atomic mass is 10.2. The van der Waals surface area contributed by atoms with Gasteiger partial charge in [0.25, 0.3) is 5.91 Å². The first-order valence-electron chi connectivity index (χ1n) is 8.65. The zero-order valence-electron chi connectivity index (χ0n) is 15.5. The zero-order chi connectivity index (χ0) is 20.1. The summed E-state index contributed by atoms with van der Waals surface area (Å²) in [5.74, 6) is -0.871. The molecule has 1 aromatic heterocycles. The Morgan fingerprint density at radius 2 is 1.93 bits per heavy atom. The molecule has 0 spiro atoms. The Balaban J connectivity index is 1.54. The normalized spacial score (nSPS) is 12.2. The summed E-state index contributed by atoms with van der Waals surface area (Å²) in [6, 6.07) is 14.6. The molecule has 1 heterocycles. The van der Waals surface area contributed by atoms with Crippen LogP contribution in [0.4, 0.5) is 0 Å². The summed E-state index contributed by atoms with van der Waals surface area (Å²) in [7, 11) is 1.68. The SMILES string of the molecule is C[C@H](c1nc2ccccc2s1)N(C)C(=O)COC(=O)/C=C/c1ccc(Cl)cc1. The van der Waals surface area contributed by atoms with E-state index in [1.54, 1.807) is 48.7 Å². The molecule has 144 valence electrons. The number of hydrogen-bond donors (Lipinski definition) is 0. The molecule has 1 atom stereocenters. The molecule has 0 fully saturated rings. The van der Waals surface area contributed by atoms with Crippen molar-refractivity contribution in [2.75, 3.05) is 13.7 Å². The third kappa shape index (κ3) is 4.97. The van der Waals surface area contributed by atoms with Crippen molar-refractivity contribution < 1.29 is 14.3 Å². The Hall–Kier alpha value is -2.70. The largest absolute Gasteiger partial charge is 0.452 e. The lowest BCUT2D eigenvalue weighted by molar-refractivity contribution is -0.148. The van der Waals surface area contributed by atoms with E-state index < -0.39 is 5.97 Å². The number of fused-ring (bicyclic) bond motifs is 1. The van der Waals surface area contributed by atoms with Crippen molar-refractivity contribution >= 4 is 51.1 Å². The van der Waals surface area contributed by atoms with Crippen LogP contribution in [-0.4, -0.2) is 35.4 Å². The topological polar surface area (TPSA) is 59.5 Å². The molecule has 0 aliphatic rings. The molecule has 7 heteroatoms. The molecule has 28 heavy (non-hydrogen) atoms. The van der Waals surface area contributed by atoms with Crippen molar-refractivity contribution in [1.82, 2.24) is 9.88 Å². The van der Waals surface area contributed by atoms with Gasteiger partial charge in [0.05, 0.1) is 16.3 Å². The van der Waals surface area contributed by atoms with E-state index >= 15 is 0 Å². The second-order valence-corrected chi connectivity index (χ2v) is 7.69. The fourth-order valence-electron chi connectivity index (χ4n) is 2.47. The maximum absolute atomic E-state index is 12.4. The van der Waals surface area contributed by atoms with Gasteiger partial charge >= 0.3 is 5.97 Å². The fourth-order valence-corrected chi connectivity index (χ4v) is 3.66. The lowest BCUT2D eigenvalue weighted by Gasteiger charge is -2.22. The van der Waals surface area contributed by atoms with Crippen molar-refractivity contribution in [2.45, 2.75) is 13.0 Å². The molecule has 3 rings (SSSR count). The van der Waals surface area contributed by atoms with Crippen LogP contribution in [0.1, 0.15) is 23.5 Å². The predicted molar refractivity (Wildman–Crippen MR) is 112 cm³/mol. The summed E-state index contributed by atoms with van der Waals surface area (Å²) in [5.41, 5.74) is 1.73. The van der Waals surface area contributed by atoms with Gasteiger partial charge in [-0.3, -0.25) is 4.79 Å². The summed E-state index contributed by atoms with van der Waals surface area (Å²) in [6.07, 6.45) is 2.89. The molecule has 0 saturated carbocycles. The number of benzene rings is 2. The average Bonchev–Trinajstić information content (AvgIpc) is 3.14. The molecule has 0 N–H and O–H groups in total. The number of aromatic nitrogens is 1. The molecule has 5 nitrogen and oxygen atoms in total. The van der Waals surface area contributed by atoms with Crippen molar-refractivity contribution in [3.05, 3.63) is 70.2 Å². The van der Waals surface area contributed by atoms with Crippen molar-refractivity contribution in [1.29, 1.82) is 0 Å². The van der Waals surface area contributed by atoms with Gasteiger partial charge in [0, 0.05) is 18.1 Å². The Bertz CT molecular complexity index is 981. The van der Waals surface area contributed by atoms with Crippen LogP contribution in [0, 0.1) is 0 Å². The predicted octanol–water partition coefficient (Wildman–Crippen LogP) is 4.73. The van der Waals surface area contributed by atoms with Gasteiger partial charge in [-0.1, -0.05) is 35.9 Å². The lowest BCUT2D eigenvalue weighted by Crippen LogP contribution is -2.33. The van der Waals surface area contributed by atoms with E-state index in [1.165, 1.54) is 11.0 Å². The maximum atomic E-state index is 12.4. The number of carbonyl (C=O) groups is 2. The summed E-state index contributed by atoms with van der Waals surface area (Å²) in [4.78, 5) is 30.3. The molecular weight excluding hydrogens is 396 g/mol. The molecule has 0 radical (unpaired) electrons. The van der Waals surface area contributed by atoms with Gasteiger partial charge in [-0.05, 0) is 42.8 Å². The average molecular weight is 415 g/mol. The van der Waals surface area contributed by atoms with Crippen LogP contribution < -0.4 is 0 Å². The number of hydrogen-bond acceptors (Lipinski definition) is 5. The second kappa shape index (κ2) is 8.99. The van der Waals surface area contributed by atoms with Crippen LogP contribution in [0.25, 0.3) is 16.3 Å². The quantitative estimate of drug-likeness (QED) is 0.432.